The molecule has 2 aliphatic rings. The third kappa shape index (κ3) is 3.63. The lowest BCUT2D eigenvalue weighted by molar-refractivity contribution is -0.0587. The maximum Gasteiger partial charge on any atom is 0.213 e. The van der Waals surface area contributed by atoms with Gasteiger partial charge in [0, 0.05) is 41.1 Å². The number of aryl methyl sites for hydroxylation is 1. The summed E-state index contributed by atoms with van der Waals surface area (Å²) in [5.74, 6) is 1.27. The number of hydrogen-bond acceptors (Lipinski definition) is 5. The topological polar surface area (TPSA) is 34.6 Å². The van der Waals surface area contributed by atoms with Crippen molar-refractivity contribution >= 4 is 11.3 Å². The summed E-state index contributed by atoms with van der Waals surface area (Å²) in [4.78, 5) is 9.70. The maximum atomic E-state index is 6.05. The molecule has 4 rings (SSSR count). The first-order chi connectivity index (χ1) is 11.8. The monoisotopic (exact) mass is 344 g/mol. The van der Waals surface area contributed by atoms with Crippen molar-refractivity contribution in [3.05, 3.63) is 46.3 Å². The Morgan fingerprint density at radius 3 is 3.04 bits per heavy atom. The Morgan fingerprint density at radius 1 is 1.29 bits per heavy atom. The van der Waals surface area contributed by atoms with Gasteiger partial charge in [-0.25, -0.2) is 4.98 Å². The number of aromatic nitrogens is 1. The fourth-order valence-electron chi connectivity index (χ4n) is 3.86. The van der Waals surface area contributed by atoms with Crippen molar-refractivity contribution in [1.82, 2.24) is 9.88 Å². The molecule has 0 unspecified atom stereocenters. The Balaban J connectivity index is 1.35. The second-order valence-corrected chi connectivity index (χ2v) is 8.15. The van der Waals surface area contributed by atoms with Gasteiger partial charge in [-0.15, -0.1) is 11.3 Å². The summed E-state index contributed by atoms with van der Waals surface area (Å²) in [5.41, 5.74) is 0. The van der Waals surface area contributed by atoms with Gasteiger partial charge in [-0.2, -0.15) is 0 Å². The molecule has 0 bridgehead atoms. The summed E-state index contributed by atoms with van der Waals surface area (Å²) in [6.07, 6.45) is 4.38. The predicted octanol–water partition coefficient (Wildman–Crippen LogP) is 3.51. The van der Waals surface area contributed by atoms with E-state index in [0.29, 0.717) is 18.1 Å². The average Bonchev–Trinajstić information content (AvgIpc) is 3.20. The van der Waals surface area contributed by atoms with Crippen molar-refractivity contribution in [1.29, 1.82) is 0 Å². The van der Waals surface area contributed by atoms with Gasteiger partial charge in [-0.1, -0.05) is 6.07 Å². The fraction of sp³-hybridized carbons (Fsp3) is 0.526. The normalized spacial score (nSPS) is 27.1. The minimum Gasteiger partial charge on any atom is -0.477 e. The zero-order valence-electron chi connectivity index (χ0n) is 14.1. The first-order valence-corrected chi connectivity index (χ1v) is 9.54. The van der Waals surface area contributed by atoms with Gasteiger partial charge in [0.25, 0.3) is 0 Å². The first kappa shape index (κ1) is 16.1. The molecule has 1 saturated heterocycles. The van der Waals surface area contributed by atoms with E-state index in [2.05, 4.69) is 28.9 Å². The summed E-state index contributed by atoms with van der Waals surface area (Å²) >= 11 is 1.91. The number of fused-ring (bicyclic) bond motifs is 1. The quantitative estimate of drug-likeness (QED) is 0.831. The molecule has 0 N–H and O–H groups in total. The highest BCUT2D eigenvalue weighted by Gasteiger charge is 2.41. The molecule has 0 spiro atoms. The molecule has 24 heavy (non-hydrogen) atoms. The van der Waals surface area contributed by atoms with E-state index in [1.165, 1.54) is 9.75 Å². The Hall–Kier alpha value is -1.43. The summed E-state index contributed by atoms with van der Waals surface area (Å²) in [6, 6.07) is 10.8. The van der Waals surface area contributed by atoms with E-state index in [1.54, 1.807) is 6.20 Å². The van der Waals surface area contributed by atoms with Crippen LogP contribution in [0.2, 0.25) is 0 Å². The number of ether oxygens (including phenoxy) is 2. The van der Waals surface area contributed by atoms with Gasteiger partial charge in [0.05, 0.1) is 19.3 Å². The summed E-state index contributed by atoms with van der Waals surface area (Å²) in [5, 5.41) is 0. The number of nitrogens with zero attached hydrogens (tertiary/aromatic N) is 2. The van der Waals surface area contributed by atoms with Crippen LogP contribution in [-0.4, -0.2) is 41.8 Å². The lowest BCUT2D eigenvalue weighted by Crippen LogP contribution is -2.47. The van der Waals surface area contributed by atoms with E-state index < -0.39 is 0 Å². The molecule has 0 radical (unpaired) electrons. The van der Waals surface area contributed by atoms with Gasteiger partial charge < -0.3 is 9.47 Å². The average molecular weight is 344 g/mol. The molecule has 128 valence electrons. The highest BCUT2D eigenvalue weighted by atomic mass is 32.1. The molecule has 2 fully saturated rings. The van der Waals surface area contributed by atoms with Crippen LogP contribution in [0.25, 0.3) is 0 Å². The van der Waals surface area contributed by atoms with Gasteiger partial charge in [0.2, 0.25) is 5.88 Å². The van der Waals surface area contributed by atoms with E-state index >= 15 is 0 Å². The molecule has 1 aliphatic carbocycles. The molecule has 1 aliphatic heterocycles. The number of thiophene rings is 1. The molecule has 0 amide bonds. The van der Waals surface area contributed by atoms with Crippen LogP contribution in [-0.2, 0) is 11.3 Å². The molecule has 3 atom stereocenters. The van der Waals surface area contributed by atoms with Crippen LogP contribution < -0.4 is 4.74 Å². The molecule has 2 aromatic rings. The van der Waals surface area contributed by atoms with Gasteiger partial charge in [-0.3, -0.25) is 4.90 Å². The zero-order valence-corrected chi connectivity index (χ0v) is 14.9. The van der Waals surface area contributed by atoms with E-state index in [1.807, 2.05) is 29.5 Å². The largest absolute Gasteiger partial charge is 0.477 e. The number of hydrogen-bond donors (Lipinski definition) is 0. The summed E-state index contributed by atoms with van der Waals surface area (Å²) in [7, 11) is 0. The molecular weight excluding hydrogens is 320 g/mol. The van der Waals surface area contributed by atoms with Crippen molar-refractivity contribution in [3.8, 4) is 5.88 Å². The SMILES string of the molecule is Cc1ccc(CN2CCO[C@@H]3C[C@@H](COc4ccccn4)C[C@H]32)s1. The van der Waals surface area contributed by atoms with Crippen LogP contribution in [0.3, 0.4) is 0 Å². The van der Waals surface area contributed by atoms with Crippen LogP contribution in [0, 0.1) is 12.8 Å². The lowest BCUT2D eigenvalue weighted by atomic mass is 10.1. The Bertz CT molecular complexity index is 660. The third-order valence-electron chi connectivity index (χ3n) is 5.01. The number of morpholine rings is 1. The van der Waals surface area contributed by atoms with Crippen LogP contribution in [0.5, 0.6) is 5.88 Å². The first-order valence-electron chi connectivity index (χ1n) is 8.73. The van der Waals surface area contributed by atoms with E-state index in [4.69, 9.17) is 9.47 Å². The number of pyridine rings is 1. The van der Waals surface area contributed by atoms with E-state index in [9.17, 15) is 0 Å². The highest BCUT2D eigenvalue weighted by molar-refractivity contribution is 7.11. The standard InChI is InChI=1S/C19H24N2O2S/c1-14-5-6-16(24-14)12-21-8-9-22-18-11-15(10-17(18)21)13-23-19-4-2-3-7-20-19/h2-7,15,17-18H,8-13H2,1H3/t15-,17+,18+/m0/s1. The molecular formula is C19H24N2O2S. The Morgan fingerprint density at radius 2 is 2.25 bits per heavy atom. The smallest absolute Gasteiger partial charge is 0.213 e. The molecule has 4 nitrogen and oxygen atoms in total. The van der Waals surface area contributed by atoms with Gasteiger partial charge in [0.15, 0.2) is 0 Å². The highest BCUT2D eigenvalue weighted by Crippen LogP contribution is 2.35. The second kappa shape index (κ2) is 7.21. The van der Waals surface area contributed by atoms with Crippen LogP contribution in [0.15, 0.2) is 36.5 Å². The number of rotatable bonds is 5. The molecule has 0 aromatic carbocycles. The van der Waals surface area contributed by atoms with E-state index in [-0.39, 0.29) is 0 Å². The summed E-state index contributed by atoms with van der Waals surface area (Å²) in [6.45, 7) is 5.85. The van der Waals surface area contributed by atoms with Crippen molar-refractivity contribution in [3.63, 3.8) is 0 Å². The lowest BCUT2D eigenvalue weighted by Gasteiger charge is -2.37. The predicted molar refractivity (Wildman–Crippen MR) is 95.5 cm³/mol. The van der Waals surface area contributed by atoms with E-state index in [0.717, 1.165) is 45.0 Å². The van der Waals surface area contributed by atoms with Gasteiger partial charge in [-0.05, 0) is 43.9 Å². The minimum atomic E-state index is 0.358. The van der Waals surface area contributed by atoms with Crippen LogP contribution in [0.1, 0.15) is 22.6 Å². The third-order valence-corrected chi connectivity index (χ3v) is 5.99. The zero-order chi connectivity index (χ0) is 16.4. The van der Waals surface area contributed by atoms with Gasteiger partial charge >= 0.3 is 0 Å². The van der Waals surface area contributed by atoms with Crippen molar-refractivity contribution in [2.24, 2.45) is 5.92 Å². The fourth-order valence-corrected chi connectivity index (χ4v) is 4.78. The van der Waals surface area contributed by atoms with Crippen molar-refractivity contribution in [2.75, 3.05) is 19.8 Å². The molecule has 1 saturated carbocycles. The van der Waals surface area contributed by atoms with Crippen molar-refractivity contribution < 1.29 is 9.47 Å². The van der Waals surface area contributed by atoms with Crippen molar-refractivity contribution in [2.45, 2.75) is 38.5 Å². The van der Waals surface area contributed by atoms with Crippen LogP contribution >= 0.6 is 11.3 Å². The summed E-state index contributed by atoms with van der Waals surface area (Å²) < 4.78 is 11.9. The Labute approximate surface area is 147 Å². The Kier molecular flexibility index (Phi) is 4.83. The van der Waals surface area contributed by atoms with Crippen LogP contribution in [0.4, 0.5) is 0 Å². The maximum absolute atomic E-state index is 6.05. The molecule has 3 heterocycles. The second-order valence-electron chi connectivity index (χ2n) is 6.78. The molecule has 2 aromatic heterocycles. The minimum absolute atomic E-state index is 0.358. The van der Waals surface area contributed by atoms with Gasteiger partial charge in [0.1, 0.15) is 0 Å². The molecule has 5 heteroatoms.